The lowest BCUT2D eigenvalue weighted by molar-refractivity contribution is 0.109. The number of rotatable bonds is 2. The maximum atomic E-state index is 11.0. The third kappa shape index (κ3) is 2.25. The molecule has 0 unspecified atom stereocenters. The molecule has 4 heteroatoms. The van der Waals surface area contributed by atoms with E-state index in [1.165, 1.54) is 0 Å². The largest absolute Gasteiger partial charge is 0.281 e. The number of hydrogen-bond donors (Lipinski definition) is 0. The minimum atomic E-state index is -0.208. The van der Waals surface area contributed by atoms with Crippen molar-refractivity contribution in [1.82, 2.24) is 0 Å². The van der Waals surface area contributed by atoms with Gasteiger partial charge in [-0.3, -0.25) is 9.59 Å². The van der Waals surface area contributed by atoms with Crippen LogP contribution in [0.1, 0.15) is 26.3 Å². The molecule has 0 spiro atoms. The Labute approximate surface area is 92.6 Å². The van der Waals surface area contributed by atoms with Crippen molar-refractivity contribution >= 4 is 41.2 Å². The Morgan fingerprint density at radius 3 is 1.77 bits per heavy atom. The summed E-state index contributed by atoms with van der Waals surface area (Å²) in [5.41, 5.74) is 1.72. The molecule has 1 aromatic rings. The smallest absolute Gasteiger partial charge is 0.228 e. The Kier molecular flexibility index (Phi) is 3.39. The van der Waals surface area contributed by atoms with Gasteiger partial charge in [0.1, 0.15) is 0 Å². The van der Waals surface area contributed by atoms with Crippen LogP contribution in [0, 0.1) is 6.92 Å². The Bertz CT molecular complexity index is 340. The van der Waals surface area contributed by atoms with E-state index in [1.807, 2.05) is 0 Å². The maximum Gasteiger partial charge on any atom is 0.228 e. The summed E-state index contributed by atoms with van der Waals surface area (Å²) in [5, 5.41) is 0. The second kappa shape index (κ2) is 4.15. The molecular weight excluding hydrogens is 300 g/mol. The van der Waals surface area contributed by atoms with Gasteiger partial charge < -0.3 is 0 Å². The van der Waals surface area contributed by atoms with Crippen LogP contribution in [0.5, 0.6) is 0 Å². The third-order valence-corrected chi connectivity index (χ3v) is 2.61. The van der Waals surface area contributed by atoms with E-state index in [1.54, 1.807) is 25.1 Å². The third-order valence-electron chi connectivity index (χ3n) is 1.76. The fourth-order valence-electron chi connectivity index (χ4n) is 1.06. The molecule has 0 fully saturated rings. The van der Waals surface area contributed by atoms with Crippen LogP contribution in [0.3, 0.4) is 0 Å². The van der Waals surface area contributed by atoms with Gasteiger partial charge in [-0.1, -0.05) is 18.2 Å². The predicted octanol–water partition coefficient (Wildman–Crippen LogP) is 3.07. The molecule has 0 aliphatic heterocycles. The second-order valence-electron chi connectivity index (χ2n) is 2.53. The van der Waals surface area contributed by atoms with Crippen molar-refractivity contribution in [3.8, 4) is 0 Å². The van der Waals surface area contributed by atoms with E-state index in [0.717, 1.165) is 0 Å². The summed E-state index contributed by atoms with van der Waals surface area (Å²) < 4.78 is -0.416. The second-order valence-corrected chi connectivity index (χ2v) is 3.97. The summed E-state index contributed by atoms with van der Waals surface area (Å²) in [7, 11) is 0. The first-order valence-electron chi connectivity index (χ1n) is 3.53. The zero-order chi connectivity index (χ0) is 10.0. The molecule has 1 rings (SSSR count). The Hall–Kier alpha value is -0.480. The molecule has 0 amide bonds. The van der Waals surface area contributed by atoms with Gasteiger partial charge >= 0.3 is 0 Å². The van der Waals surface area contributed by atoms with Crippen LogP contribution in [-0.4, -0.2) is 9.39 Å². The van der Waals surface area contributed by atoms with E-state index in [2.05, 4.69) is 31.9 Å². The van der Waals surface area contributed by atoms with Crippen molar-refractivity contribution in [2.75, 3.05) is 0 Å². The van der Waals surface area contributed by atoms with Crippen LogP contribution in [0.2, 0.25) is 0 Å². The fraction of sp³-hybridized carbons (Fsp3) is 0.111. The molecule has 13 heavy (non-hydrogen) atoms. The van der Waals surface area contributed by atoms with E-state index >= 15 is 0 Å². The normalized spacial score (nSPS) is 9.77. The molecule has 0 heterocycles. The monoisotopic (exact) mass is 304 g/mol. The number of hydrogen-bond acceptors (Lipinski definition) is 2. The minimum absolute atomic E-state index is 0.208. The molecule has 0 saturated carbocycles. The van der Waals surface area contributed by atoms with Gasteiger partial charge in [0.05, 0.1) is 0 Å². The van der Waals surface area contributed by atoms with Gasteiger partial charge in [0.15, 0.2) is 0 Å². The van der Waals surface area contributed by atoms with E-state index in [9.17, 15) is 9.59 Å². The van der Waals surface area contributed by atoms with E-state index in [4.69, 9.17) is 0 Å². The van der Waals surface area contributed by atoms with Gasteiger partial charge in [0.25, 0.3) is 0 Å². The number of carbonyl (C=O) groups excluding carboxylic acids is 2. The lowest BCUT2D eigenvalue weighted by atomic mass is 10.0. The standard InChI is InChI=1S/C9H6Br2O2/c1-5-6(8(10)12)3-2-4-7(5)9(11)13/h2-4H,1H3. The summed E-state index contributed by atoms with van der Waals surface area (Å²) in [4.78, 5) is 22.1. The molecule has 68 valence electrons. The zero-order valence-electron chi connectivity index (χ0n) is 6.80. The van der Waals surface area contributed by atoms with Crippen molar-refractivity contribution in [1.29, 1.82) is 0 Å². The molecule has 2 nitrogen and oxygen atoms in total. The average molecular weight is 306 g/mol. The van der Waals surface area contributed by atoms with E-state index < -0.39 is 0 Å². The molecule has 0 aliphatic carbocycles. The summed E-state index contributed by atoms with van der Waals surface area (Å²) in [6.07, 6.45) is 0. The number of benzene rings is 1. The van der Waals surface area contributed by atoms with E-state index in [-0.39, 0.29) is 9.39 Å². The SMILES string of the molecule is Cc1c(C(=O)Br)cccc1C(=O)Br. The van der Waals surface area contributed by atoms with E-state index in [0.29, 0.717) is 16.7 Å². The molecule has 0 saturated heterocycles. The topological polar surface area (TPSA) is 34.1 Å². The van der Waals surface area contributed by atoms with Crippen LogP contribution in [-0.2, 0) is 0 Å². The van der Waals surface area contributed by atoms with Crippen molar-refractivity contribution in [2.45, 2.75) is 6.92 Å². The lowest BCUT2D eigenvalue weighted by Crippen LogP contribution is -1.99. The zero-order valence-corrected chi connectivity index (χ0v) is 9.98. The molecule has 0 N–H and O–H groups in total. The van der Waals surface area contributed by atoms with Gasteiger partial charge in [0.2, 0.25) is 9.39 Å². The minimum Gasteiger partial charge on any atom is -0.281 e. The average Bonchev–Trinajstić information content (AvgIpc) is 2.03. The van der Waals surface area contributed by atoms with Gasteiger partial charge in [-0.25, -0.2) is 0 Å². The lowest BCUT2D eigenvalue weighted by Gasteiger charge is -2.03. The molecule has 0 aromatic heterocycles. The first kappa shape index (κ1) is 10.6. The maximum absolute atomic E-state index is 11.0. The van der Waals surface area contributed by atoms with Crippen LogP contribution in [0.15, 0.2) is 18.2 Å². The molecule has 1 aromatic carbocycles. The van der Waals surface area contributed by atoms with Gasteiger partial charge in [-0.2, -0.15) is 0 Å². The Morgan fingerprint density at radius 1 is 1.08 bits per heavy atom. The molecule has 0 atom stereocenters. The number of carbonyl (C=O) groups is 2. The fourth-order valence-corrected chi connectivity index (χ4v) is 1.92. The van der Waals surface area contributed by atoms with Crippen molar-refractivity contribution in [3.63, 3.8) is 0 Å². The van der Waals surface area contributed by atoms with Crippen LogP contribution in [0.25, 0.3) is 0 Å². The van der Waals surface area contributed by atoms with Crippen molar-refractivity contribution in [3.05, 3.63) is 34.9 Å². The summed E-state index contributed by atoms with van der Waals surface area (Å²) in [5.74, 6) is 0. The van der Waals surface area contributed by atoms with Crippen molar-refractivity contribution < 1.29 is 9.59 Å². The van der Waals surface area contributed by atoms with Crippen LogP contribution in [0.4, 0.5) is 0 Å². The summed E-state index contributed by atoms with van der Waals surface area (Å²) in [6.45, 7) is 1.74. The quantitative estimate of drug-likeness (QED) is 0.787. The first-order valence-corrected chi connectivity index (χ1v) is 5.12. The van der Waals surface area contributed by atoms with Crippen LogP contribution >= 0.6 is 31.9 Å². The van der Waals surface area contributed by atoms with Gasteiger partial charge in [-0.15, -0.1) is 0 Å². The van der Waals surface area contributed by atoms with Crippen molar-refractivity contribution in [2.24, 2.45) is 0 Å². The van der Waals surface area contributed by atoms with Crippen LogP contribution < -0.4 is 0 Å². The molecule has 0 bridgehead atoms. The Balaban J connectivity index is 3.35. The Morgan fingerprint density at radius 2 is 1.46 bits per heavy atom. The van der Waals surface area contributed by atoms with Gasteiger partial charge in [-0.05, 0) is 44.3 Å². The highest BCUT2D eigenvalue weighted by molar-refractivity contribution is 9.18. The summed E-state index contributed by atoms with van der Waals surface area (Å²) in [6, 6.07) is 5.02. The highest BCUT2D eigenvalue weighted by Gasteiger charge is 2.11. The highest BCUT2D eigenvalue weighted by atomic mass is 79.9. The predicted molar refractivity (Wildman–Crippen MR) is 57.7 cm³/mol. The molecular formula is C9H6Br2O2. The highest BCUT2D eigenvalue weighted by Crippen LogP contribution is 2.18. The number of halogens is 2. The molecule has 0 aliphatic rings. The molecule has 0 radical (unpaired) electrons. The first-order chi connectivity index (χ1) is 6.04. The van der Waals surface area contributed by atoms with Gasteiger partial charge in [0, 0.05) is 11.1 Å². The summed E-state index contributed by atoms with van der Waals surface area (Å²) >= 11 is 5.70.